The molecule has 0 radical (unpaired) electrons. The van der Waals surface area contributed by atoms with Crippen LogP contribution in [0.3, 0.4) is 0 Å². The molecule has 3 nitrogen and oxygen atoms in total. The van der Waals surface area contributed by atoms with Crippen LogP contribution in [0.15, 0.2) is 10.7 Å². The van der Waals surface area contributed by atoms with E-state index >= 15 is 0 Å². The maximum atomic E-state index is 5.84. The molecule has 0 aliphatic carbocycles. The summed E-state index contributed by atoms with van der Waals surface area (Å²) in [6.45, 7) is 2.12. The standard InChI is InChI=1S/C11H15BrClN3/c12-9-8-14-11(13)15-10(9)16-6-4-2-1-3-5-7-16/h8H,1-7H2. The second-order valence-corrected chi connectivity index (χ2v) is 5.26. The first-order chi connectivity index (χ1) is 7.77. The third-order valence-electron chi connectivity index (χ3n) is 2.85. The number of halogens is 2. The molecule has 1 aromatic heterocycles. The largest absolute Gasteiger partial charge is 0.356 e. The van der Waals surface area contributed by atoms with Crippen LogP contribution in [0, 0.1) is 0 Å². The van der Waals surface area contributed by atoms with Gasteiger partial charge < -0.3 is 4.90 Å². The van der Waals surface area contributed by atoms with Gasteiger partial charge in [0, 0.05) is 19.3 Å². The van der Waals surface area contributed by atoms with Crippen LogP contribution in [0.4, 0.5) is 5.82 Å². The highest BCUT2D eigenvalue weighted by atomic mass is 79.9. The van der Waals surface area contributed by atoms with Crippen molar-refractivity contribution in [2.45, 2.75) is 32.1 Å². The van der Waals surface area contributed by atoms with Crippen LogP contribution in [0.2, 0.25) is 5.28 Å². The minimum absolute atomic E-state index is 0.320. The van der Waals surface area contributed by atoms with Gasteiger partial charge in [0.1, 0.15) is 5.82 Å². The van der Waals surface area contributed by atoms with Crippen LogP contribution < -0.4 is 4.90 Å². The van der Waals surface area contributed by atoms with Gasteiger partial charge in [-0.1, -0.05) is 19.3 Å². The van der Waals surface area contributed by atoms with Crippen LogP contribution in [0.5, 0.6) is 0 Å². The van der Waals surface area contributed by atoms with E-state index in [1.165, 1.54) is 32.1 Å². The Bertz CT molecular complexity index is 351. The van der Waals surface area contributed by atoms with E-state index < -0.39 is 0 Å². The molecule has 1 aromatic rings. The highest BCUT2D eigenvalue weighted by Crippen LogP contribution is 2.26. The van der Waals surface area contributed by atoms with Gasteiger partial charge in [-0.05, 0) is 40.4 Å². The zero-order valence-electron chi connectivity index (χ0n) is 9.12. The summed E-state index contributed by atoms with van der Waals surface area (Å²) in [4.78, 5) is 10.6. The van der Waals surface area contributed by atoms with E-state index in [4.69, 9.17) is 11.6 Å². The molecular formula is C11H15BrClN3. The number of hydrogen-bond acceptors (Lipinski definition) is 3. The summed E-state index contributed by atoms with van der Waals surface area (Å²) in [5.41, 5.74) is 0. The van der Waals surface area contributed by atoms with Gasteiger partial charge in [-0.3, -0.25) is 0 Å². The molecular weight excluding hydrogens is 289 g/mol. The van der Waals surface area contributed by atoms with Gasteiger partial charge in [-0.15, -0.1) is 0 Å². The Morgan fingerprint density at radius 3 is 2.44 bits per heavy atom. The molecule has 5 heteroatoms. The number of hydrogen-bond donors (Lipinski definition) is 0. The van der Waals surface area contributed by atoms with Crippen molar-refractivity contribution in [3.8, 4) is 0 Å². The van der Waals surface area contributed by atoms with E-state index in [0.717, 1.165) is 23.4 Å². The molecule has 0 amide bonds. The summed E-state index contributed by atoms with van der Waals surface area (Å²) < 4.78 is 0.928. The van der Waals surface area contributed by atoms with Gasteiger partial charge in [0.2, 0.25) is 5.28 Å². The van der Waals surface area contributed by atoms with E-state index in [1.807, 2.05) is 0 Å². The van der Waals surface area contributed by atoms with Crippen molar-refractivity contribution in [2.24, 2.45) is 0 Å². The number of anilines is 1. The summed E-state index contributed by atoms with van der Waals surface area (Å²) in [5, 5.41) is 0.320. The summed E-state index contributed by atoms with van der Waals surface area (Å²) in [6.07, 6.45) is 8.17. The number of aromatic nitrogens is 2. The van der Waals surface area contributed by atoms with Gasteiger partial charge in [0.05, 0.1) is 4.47 Å². The SMILES string of the molecule is Clc1ncc(Br)c(N2CCCCCCC2)n1. The van der Waals surface area contributed by atoms with Crippen LogP contribution in [0.25, 0.3) is 0 Å². The van der Waals surface area contributed by atoms with Gasteiger partial charge in [-0.2, -0.15) is 4.98 Å². The summed E-state index contributed by atoms with van der Waals surface area (Å²) >= 11 is 9.33. The minimum atomic E-state index is 0.320. The zero-order valence-corrected chi connectivity index (χ0v) is 11.5. The number of rotatable bonds is 1. The minimum Gasteiger partial charge on any atom is -0.356 e. The second kappa shape index (κ2) is 5.82. The van der Waals surface area contributed by atoms with Crippen molar-refractivity contribution in [3.63, 3.8) is 0 Å². The molecule has 2 rings (SSSR count). The van der Waals surface area contributed by atoms with Crippen LogP contribution >= 0.6 is 27.5 Å². The lowest BCUT2D eigenvalue weighted by Gasteiger charge is -2.26. The lowest BCUT2D eigenvalue weighted by molar-refractivity contribution is 0.553. The Hall–Kier alpha value is -0.350. The average molecular weight is 305 g/mol. The third kappa shape index (κ3) is 3.08. The average Bonchev–Trinajstić information content (AvgIpc) is 2.22. The number of nitrogens with zero attached hydrogens (tertiary/aromatic N) is 3. The second-order valence-electron chi connectivity index (χ2n) is 4.07. The van der Waals surface area contributed by atoms with Crippen molar-refractivity contribution in [1.29, 1.82) is 0 Å². The third-order valence-corrected chi connectivity index (χ3v) is 3.59. The van der Waals surface area contributed by atoms with Gasteiger partial charge in [-0.25, -0.2) is 4.98 Å². The van der Waals surface area contributed by atoms with E-state index in [1.54, 1.807) is 6.20 Å². The lowest BCUT2D eigenvalue weighted by Crippen LogP contribution is -2.28. The van der Waals surface area contributed by atoms with Crippen LogP contribution in [-0.4, -0.2) is 23.1 Å². The predicted octanol–water partition coefficient (Wildman–Crippen LogP) is 3.66. The molecule has 0 aromatic carbocycles. The van der Waals surface area contributed by atoms with E-state index in [2.05, 4.69) is 30.8 Å². The maximum Gasteiger partial charge on any atom is 0.224 e. The molecule has 1 fully saturated rings. The van der Waals surface area contributed by atoms with Crippen molar-refractivity contribution in [1.82, 2.24) is 9.97 Å². The smallest absolute Gasteiger partial charge is 0.224 e. The molecule has 0 N–H and O–H groups in total. The molecule has 0 unspecified atom stereocenters. The molecule has 0 spiro atoms. The summed E-state index contributed by atoms with van der Waals surface area (Å²) in [7, 11) is 0. The van der Waals surface area contributed by atoms with Crippen molar-refractivity contribution in [2.75, 3.05) is 18.0 Å². The molecule has 1 aliphatic heterocycles. The van der Waals surface area contributed by atoms with Gasteiger partial charge >= 0.3 is 0 Å². The Kier molecular flexibility index (Phi) is 4.41. The Morgan fingerprint density at radius 1 is 1.12 bits per heavy atom. The summed E-state index contributed by atoms with van der Waals surface area (Å²) in [5.74, 6) is 0.932. The van der Waals surface area contributed by atoms with Gasteiger partial charge in [0.15, 0.2) is 0 Å². The van der Waals surface area contributed by atoms with Crippen molar-refractivity contribution < 1.29 is 0 Å². The van der Waals surface area contributed by atoms with Crippen molar-refractivity contribution >= 4 is 33.3 Å². The fourth-order valence-corrected chi connectivity index (χ4v) is 2.59. The summed E-state index contributed by atoms with van der Waals surface area (Å²) in [6, 6.07) is 0. The quantitative estimate of drug-likeness (QED) is 0.741. The predicted molar refractivity (Wildman–Crippen MR) is 70.0 cm³/mol. The molecule has 0 bridgehead atoms. The van der Waals surface area contributed by atoms with E-state index in [0.29, 0.717) is 5.28 Å². The Morgan fingerprint density at radius 2 is 1.75 bits per heavy atom. The first-order valence-corrected chi connectivity index (χ1v) is 6.87. The Balaban J connectivity index is 2.16. The normalized spacial score (nSPS) is 18.0. The molecule has 88 valence electrons. The molecule has 1 saturated heterocycles. The molecule has 1 aliphatic rings. The van der Waals surface area contributed by atoms with E-state index in [9.17, 15) is 0 Å². The van der Waals surface area contributed by atoms with Crippen molar-refractivity contribution in [3.05, 3.63) is 16.0 Å². The van der Waals surface area contributed by atoms with Crippen LogP contribution in [0.1, 0.15) is 32.1 Å². The lowest BCUT2D eigenvalue weighted by atomic mass is 10.1. The topological polar surface area (TPSA) is 29.0 Å². The van der Waals surface area contributed by atoms with Crippen LogP contribution in [-0.2, 0) is 0 Å². The molecule has 0 atom stereocenters. The van der Waals surface area contributed by atoms with E-state index in [-0.39, 0.29) is 0 Å². The highest BCUT2D eigenvalue weighted by Gasteiger charge is 2.14. The monoisotopic (exact) mass is 303 g/mol. The molecule has 0 saturated carbocycles. The zero-order chi connectivity index (χ0) is 11.4. The molecule has 2 heterocycles. The highest BCUT2D eigenvalue weighted by molar-refractivity contribution is 9.10. The van der Waals surface area contributed by atoms with Gasteiger partial charge in [0.25, 0.3) is 0 Å². The fourth-order valence-electron chi connectivity index (χ4n) is 2.02. The Labute approximate surface area is 109 Å². The maximum absolute atomic E-state index is 5.84. The first-order valence-electron chi connectivity index (χ1n) is 5.70. The first kappa shape index (κ1) is 12.1. The molecule has 16 heavy (non-hydrogen) atoms. The fraction of sp³-hybridized carbons (Fsp3) is 0.636.